The van der Waals surface area contributed by atoms with E-state index in [1.165, 1.54) is 41.3 Å². The number of quaternary nitrogens is 1. The highest BCUT2D eigenvalue weighted by Gasteiger charge is 2.48. The molecule has 24 heavy (non-hydrogen) atoms. The standard InChI is InChI=1S/C22H27N2/c1-24(2)19-11-12-20(24)15-17(14-19)16-21(18-8-4-3-5-9-18)22-10-6-7-13-23-22/h3-10,13,16-17,19-20H,11-12,14-15H2,1-2H3/q+1/b21-16-/t17?,19-,20+. The molecular formula is C22H27N2+. The maximum atomic E-state index is 4.63. The SMILES string of the molecule is C[N+]1(C)[C@@H]2CC[C@H]1CC(/C=C(/c1ccccc1)c1ccccn1)C2. The van der Waals surface area contributed by atoms with Gasteiger partial charge in [0.05, 0.1) is 31.9 Å². The molecule has 0 radical (unpaired) electrons. The third-order valence-electron chi connectivity index (χ3n) is 6.29. The van der Waals surface area contributed by atoms with Gasteiger partial charge < -0.3 is 4.48 Å². The second kappa shape index (κ2) is 6.18. The molecule has 2 saturated heterocycles. The summed E-state index contributed by atoms with van der Waals surface area (Å²) in [6.45, 7) is 0. The Morgan fingerprint density at radius 3 is 2.25 bits per heavy atom. The van der Waals surface area contributed by atoms with Gasteiger partial charge in [0.2, 0.25) is 0 Å². The Bertz CT molecular complexity index is 661. The Labute approximate surface area is 145 Å². The first-order chi connectivity index (χ1) is 11.6. The van der Waals surface area contributed by atoms with Gasteiger partial charge in [-0.15, -0.1) is 0 Å². The molecule has 2 aliphatic rings. The average molecular weight is 319 g/mol. The van der Waals surface area contributed by atoms with Crippen LogP contribution in [-0.2, 0) is 0 Å². The molecule has 124 valence electrons. The number of benzene rings is 1. The summed E-state index contributed by atoms with van der Waals surface area (Å²) in [7, 11) is 4.86. The minimum Gasteiger partial charge on any atom is -0.324 e. The van der Waals surface area contributed by atoms with Gasteiger partial charge in [-0.2, -0.15) is 0 Å². The summed E-state index contributed by atoms with van der Waals surface area (Å²) in [5.41, 5.74) is 3.67. The van der Waals surface area contributed by atoms with Gasteiger partial charge in [-0.1, -0.05) is 42.5 Å². The molecule has 2 aliphatic heterocycles. The molecule has 0 amide bonds. The number of piperidine rings is 1. The molecule has 0 N–H and O–H groups in total. The molecule has 1 aromatic carbocycles. The highest BCUT2D eigenvalue weighted by Crippen LogP contribution is 2.43. The smallest absolute Gasteiger partial charge is 0.0896 e. The highest BCUT2D eigenvalue weighted by molar-refractivity contribution is 5.77. The predicted octanol–water partition coefficient (Wildman–Crippen LogP) is 4.53. The van der Waals surface area contributed by atoms with Gasteiger partial charge in [-0.25, -0.2) is 0 Å². The first-order valence-electron chi connectivity index (χ1n) is 9.16. The number of allylic oxidation sites excluding steroid dienone is 1. The molecule has 3 heterocycles. The van der Waals surface area contributed by atoms with E-state index in [0.29, 0.717) is 5.92 Å². The van der Waals surface area contributed by atoms with Crippen LogP contribution in [0.25, 0.3) is 5.57 Å². The van der Waals surface area contributed by atoms with E-state index >= 15 is 0 Å². The number of rotatable bonds is 3. The van der Waals surface area contributed by atoms with Crippen molar-refractivity contribution in [1.29, 1.82) is 0 Å². The zero-order valence-corrected chi connectivity index (χ0v) is 14.7. The maximum absolute atomic E-state index is 4.63. The Balaban J connectivity index is 1.69. The molecule has 2 aromatic rings. The molecule has 1 unspecified atom stereocenters. The number of hydrogen-bond acceptors (Lipinski definition) is 1. The van der Waals surface area contributed by atoms with Crippen molar-refractivity contribution >= 4 is 5.57 Å². The molecule has 2 heteroatoms. The summed E-state index contributed by atoms with van der Waals surface area (Å²) >= 11 is 0. The van der Waals surface area contributed by atoms with Gasteiger partial charge in [-0.05, 0) is 23.6 Å². The molecular weight excluding hydrogens is 292 g/mol. The molecule has 2 bridgehead atoms. The Hall–Kier alpha value is -1.93. The van der Waals surface area contributed by atoms with Crippen molar-refractivity contribution in [2.75, 3.05) is 14.1 Å². The van der Waals surface area contributed by atoms with Crippen LogP contribution < -0.4 is 0 Å². The Morgan fingerprint density at radius 1 is 0.958 bits per heavy atom. The summed E-state index contributed by atoms with van der Waals surface area (Å²) in [4.78, 5) is 4.63. The van der Waals surface area contributed by atoms with Crippen LogP contribution in [0.3, 0.4) is 0 Å². The fraction of sp³-hybridized carbons (Fsp3) is 0.409. The van der Waals surface area contributed by atoms with E-state index < -0.39 is 0 Å². The summed E-state index contributed by atoms with van der Waals surface area (Å²) in [5, 5.41) is 0. The van der Waals surface area contributed by atoms with Crippen LogP contribution in [0.4, 0.5) is 0 Å². The lowest BCUT2D eigenvalue weighted by Gasteiger charge is -2.43. The van der Waals surface area contributed by atoms with Crippen molar-refractivity contribution in [2.45, 2.75) is 37.8 Å². The summed E-state index contributed by atoms with van der Waals surface area (Å²) in [6, 6.07) is 18.6. The number of aromatic nitrogens is 1. The Morgan fingerprint density at radius 2 is 1.62 bits per heavy atom. The summed E-state index contributed by atoms with van der Waals surface area (Å²) in [5.74, 6) is 0.672. The van der Waals surface area contributed by atoms with E-state index in [-0.39, 0.29) is 0 Å². The van der Waals surface area contributed by atoms with Gasteiger partial charge in [0.1, 0.15) is 0 Å². The zero-order chi connectivity index (χ0) is 16.6. The van der Waals surface area contributed by atoms with Crippen molar-refractivity contribution in [1.82, 2.24) is 4.98 Å². The second-order valence-corrected chi connectivity index (χ2v) is 7.91. The van der Waals surface area contributed by atoms with E-state index in [9.17, 15) is 0 Å². The zero-order valence-electron chi connectivity index (χ0n) is 14.7. The van der Waals surface area contributed by atoms with Crippen LogP contribution in [-0.4, -0.2) is 35.6 Å². The predicted molar refractivity (Wildman–Crippen MR) is 99.4 cm³/mol. The van der Waals surface area contributed by atoms with Crippen LogP contribution in [0.1, 0.15) is 36.9 Å². The monoisotopic (exact) mass is 319 g/mol. The van der Waals surface area contributed by atoms with E-state index in [1.54, 1.807) is 0 Å². The van der Waals surface area contributed by atoms with E-state index in [4.69, 9.17) is 0 Å². The summed E-state index contributed by atoms with van der Waals surface area (Å²) in [6.07, 6.45) is 9.83. The third-order valence-corrected chi connectivity index (χ3v) is 6.29. The van der Waals surface area contributed by atoms with Gasteiger partial charge in [0.15, 0.2) is 0 Å². The van der Waals surface area contributed by atoms with Crippen LogP contribution in [0.2, 0.25) is 0 Å². The number of pyridine rings is 1. The van der Waals surface area contributed by atoms with Crippen molar-refractivity contribution < 1.29 is 4.48 Å². The minimum atomic E-state index is 0.672. The first kappa shape index (κ1) is 15.6. The van der Waals surface area contributed by atoms with Crippen molar-refractivity contribution in [2.24, 2.45) is 5.92 Å². The van der Waals surface area contributed by atoms with Crippen molar-refractivity contribution in [3.63, 3.8) is 0 Å². The van der Waals surface area contributed by atoms with Crippen LogP contribution in [0.15, 0.2) is 60.8 Å². The highest BCUT2D eigenvalue weighted by atomic mass is 15.4. The number of nitrogens with zero attached hydrogens (tertiary/aromatic N) is 2. The van der Waals surface area contributed by atoms with E-state index in [1.807, 2.05) is 12.3 Å². The average Bonchev–Trinajstić information content (AvgIpc) is 2.79. The molecule has 0 saturated carbocycles. The number of fused-ring (bicyclic) bond motifs is 2. The molecule has 3 atom stereocenters. The van der Waals surface area contributed by atoms with Gasteiger partial charge in [0, 0.05) is 37.5 Å². The lowest BCUT2D eigenvalue weighted by molar-refractivity contribution is -0.931. The third kappa shape index (κ3) is 2.80. The number of hydrogen-bond donors (Lipinski definition) is 0. The molecule has 0 spiro atoms. The lowest BCUT2D eigenvalue weighted by atomic mass is 9.86. The van der Waals surface area contributed by atoms with Crippen LogP contribution >= 0.6 is 0 Å². The van der Waals surface area contributed by atoms with Crippen LogP contribution in [0.5, 0.6) is 0 Å². The maximum Gasteiger partial charge on any atom is 0.0896 e. The van der Waals surface area contributed by atoms with E-state index in [0.717, 1.165) is 17.8 Å². The fourth-order valence-electron chi connectivity index (χ4n) is 4.76. The van der Waals surface area contributed by atoms with Gasteiger partial charge in [-0.3, -0.25) is 4.98 Å². The van der Waals surface area contributed by atoms with Gasteiger partial charge in [0.25, 0.3) is 0 Å². The molecule has 1 aromatic heterocycles. The Kier molecular flexibility index (Phi) is 4.01. The lowest BCUT2D eigenvalue weighted by Crippen LogP contribution is -2.54. The van der Waals surface area contributed by atoms with Crippen molar-refractivity contribution in [3.8, 4) is 0 Å². The first-order valence-corrected chi connectivity index (χ1v) is 9.16. The molecule has 2 nitrogen and oxygen atoms in total. The fourth-order valence-corrected chi connectivity index (χ4v) is 4.76. The normalized spacial score (nSPS) is 28.8. The largest absolute Gasteiger partial charge is 0.324 e. The molecule has 4 rings (SSSR count). The van der Waals surface area contributed by atoms with Gasteiger partial charge >= 0.3 is 0 Å². The molecule has 2 fully saturated rings. The quantitative estimate of drug-likeness (QED) is 0.757. The minimum absolute atomic E-state index is 0.672. The van der Waals surface area contributed by atoms with Crippen LogP contribution in [0, 0.1) is 5.92 Å². The summed E-state index contributed by atoms with van der Waals surface area (Å²) < 4.78 is 1.23. The van der Waals surface area contributed by atoms with E-state index in [2.05, 4.69) is 67.6 Å². The molecule has 0 aliphatic carbocycles. The topological polar surface area (TPSA) is 12.9 Å². The van der Waals surface area contributed by atoms with Crippen molar-refractivity contribution in [3.05, 3.63) is 72.1 Å². The second-order valence-electron chi connectivity index (χ2n) is 7.91.